The van der Waals surface area contributed by atoms with Gasteiger partial charge < -0.3 is 14.5 Å². The molecule has 2 aromatic heterocycles. The molecule has 0 radical (unpaired) electrons. The average Bonchev–Trinajstić information content (AvgIpc) is 3.42. The predicted octanol–water partition coefficient (Wildman–Crippen LogP) is 5.57. The molecule has 0 saturated carbocycles. The third-order valence-corrected chi connectivity index (χ3v) is 5.05. The van der Waals surface area contributed by atoms with E-state index in [0.717, 1.165) is 5.56 Å². The number of furan rings is 1. The van der Waals surface area contributed by atoms with Gasteiger partial charge in [0.2, 0.25) is 0 Å². The number of nitrogens with zero attached hydrogens (tertiary/aromatic N) is 3. The summed E-state index contributed by atoms with van der Waals surface area (Å²) in [5.41, 5.74) is 1.33. The Hall–Kier alpha value is -3.82. The lowest BCUT2D eigenvalue weighted by molar-refractivity contribution is -0.384. The van der Waals surface area contributed by atoms with Gasteiger partial charge in [-0.15, -0.1) is 0 Å². The average molecular weight is 487 g/mol. The fourth-order valence-electron chi connectivity index (χ4n) is 2.97. The Morgan fingerprint density at radius 3 is 2.82 bits per heavy atom. The molecule has 0 aliphatic carbocycles. The number of aromatic nitrogens is 2. The highest BCUT2D eigenvalue weighted by Crippen LogP contribution is 2.29. The number of hydrogen-bond donors (Lipinski definition) is 1. The summed E-state index contributed by atoms with van der Waals surface area (Å²) in [6, 6.07) is 14.4. The van der Waals surface area contributed by atoms with Gasteiger partial charge in [-0.05, 0) is 35.9 Å². The summed E-state index contributed by atoms with van der Waals surface area (Å²) in [6.45, 7) is 0.435. The molecule has 11 heteroatoms. The van der Waals surface area contributed by atoms with E-state index >= 15 is 0 Å². The molecule has 0 spiro atoms. The Balaban J connectivity index is 1.35. The van der Waals surface area contributed by atoms with Crippen molar-refractivity contribution in [3.8, 4) is 5.75 Å². The SMILES string of the molecule is O=C(Nc1cnn(Cc2cccc(Cl)c2)c1)c1ccc(COc2cc([N+](=O)[O-])ccc2Cl)o1. The van der Waals surface area contributed by atoms with Crippen LogP contribution in [0.1, 0.15) is 21.9 Å². The molecule has 0 saturated heterocycles. The predicted molar refractivity (Wildman–Crippen MR) is 122 cm³/mol. The number of benzene rings is 2. The van der Waals surface area contributed by atoms with Crippen molar-refractivity contribution in [1.29, 1.82) is 0 Å². The van der Waals surface area contributed by atoms with Crippen LogP contribution in [0.2, 0.25) is 10.0 Å². The fraction of sp³-hybridized carbons (Fsp3) is 0.0909. The highest BCUT2D eigenvalue weighted by atomic mass is 35.5. The molecule has 2 heterocycles. The smallest absolute Gasteiger partial charge is 0.291 e. The molecule has 2 aromatic carbocycles. The number of carbonyl (C=O) groups is 1. The summed E-state index contributed by atoms with van der Waals surface area (Å²) in [7, 11) is 0. The number of nitro groups is 1. The quantitative estimate of drug-likeness (QED) is 0.257. The van der Waals surface area contributed by atoms with Crippen LogP contribution in [0, 0.1) is 10.1 Å². The van der Waals surface area contributed by atoms with E-state index in [1.54, 1.807) is 23.0 Å². The van der Waals surface area contributed by atoms with Crippen molar-refractivity contribution in [3.63, 3.8) is 0 Å². The number of carbonyl (C=O) groups excluding carboxylic acids is 1. The third-order valence-electron chi connectivity index (χ3n) is 4.51. The third kappa shape index (κ3) is 5.71. The zero-order chi connectivity index (χ0) is 23.4. The van der Waals surface area contributed by atoms with Crippen LogP contribution in [-0.2, 0) is 13.2 Å². The van der Waals surface area contributed by atoms with Crippen LogP contribution in [-0.4, -0.2) is 20.6 Å². The van der Waals surface area contributed by atoms with E-state index in [4.69, 9.17) is 32.4 Å². The highest BCUT2D eigenvalue weighted by Gasteiger charge is 2.15. The Morgan fingerprint density at radius 2 is 2.03 bits per heavy atom. The Morgan fingerprint density at radius 1 is 1.18 bits per heavy atom. The number of hydrogen-bond acceptors (Lipinski definition) is 6. The van der Waals surface area contributed by atoms with Gasteiger partial charge >= 0.3 is 0 Å². The van der Waals surface area contributed by atoms with E-state index in [9.17, 15) is 14.9 Å². The summed E-state index contributed by atoms with van der Waals surface area (Å²) < 4.78 is 12.7. The van der Waals surface area contributed by atoms with Crippen molar-refractivity contribution in [1.82, 2.24) is 9.78 Å². The van der Waals surface area contributed by atoms with Gasteiger partial charge in [0.05, 0.1) is 34.4 Å². The number of non-ortho nitro benzene ring substituents is 1. The minimum Gasteiger partial charge on any atom is -0.484 e. The van der Waals surface area contributed by atoms with Crippen LogP contribution in [0.3, 0.4) is 0 Å². The van der Waals surface area contributed by atoms with Crippen LogP contribution in [0.4, 0.5) is 11.4 Å². The normalized spacial score (nSPS) is 10.7. The zero-order valence-corrected chi connectivity index (χ0v) is 18.4. The number of nitrogens with one attached hydrogen (secondary N) is 1. The lowest BCUT2D eigenvalue weighted by Crippen LogP contribution is -2.10. The number of halogens is 2. The molecule has 4 aromatic rings. The lowest BCUT2D eigenvalue weighted by Gasteiger charge is -2.06. The first-order valence-corrected chi connectivity index (χ1v) is 10.4. The van der Waals surface area contributed by atoms with E-state index in [1.165, 1.54) is 30.5 Å². The van der Waals surface area contributed by atoms with Gasteiger partial charge in [-0.25, -0.2) is 0 Å². The molecule has 9 nitrogen and oxygen atoms in total. The van der Waals surface area contributed by atoms with E-state index < -0.39 is 10.8 Å². The molecular formula is C22H16Cl2N4O5. The van der Waals surface area contributed by atoms with E-state index in [-0.39, 0.29) is 28.8 Å². The topological polar surface area (TPSA) is 112 Å². The minimum absolute atomic E-state index is 0.0638. The van der Waals surface area contributed by atoms with E-state index in [1.807, 2.05) is 18.2 Å². The molecular weight excluding hydrogens is 471 g/mol. The van der Waals surface area contributed by atoms with E-state index in [2.05, 4.69) is 10.4 Å². The maximum atomic E-state index is 12.5. The van der Waals surface area contributed by atoms with Crippen LogP contribution in [0.15, 0.2) is 71.4 Å². The van der Waals surface area contributed by atoms with Crippen LogP contribution < -0.4 is 10.1 Å². The first-order chi connectivity index (χ1) is 15.9. The Labute approximate surface area is 197 Å². The van der Waals surface area contributed by atoms with Gasteiger partial charge in [-0.2, -0.15) is 5.10 Å². The molecule has 0 fully saturated rings. The number of anilines is 1. The highest BCUT2D eigenvalue weighted by molar-refractivity contribution is 6.32. The number of rotatable bonds is 8. The summed E-state index contributed by atoms with van der Waals surface area (Å²) in [4.78, 5) is 22.9. The Bertz CT molecular complexity index is 1320. The minimum atomic E-state index is -0.546. The number of amides is 1. The molecule has 0 bridgehead atoms. The van der Waals surface area contributed by atoms with Gasteiger partial charge in [-0.3, -0.25) is 19.6 Å². The second kappa shape index (κ2) is 9.76. The molecule has 0 atom stereocenters. The first-order valence-electron chi connectivity index (χ1n) is 9.61. The van der Waals surface area contributed by atoms with Crippen molar-refractivity contribution in [2.24, 2.45) is 0 Å². The lowest BCUT2D eigenvalue weighted by atomic mass is 10.2. The standard InChI is InChI=1S/C22H16Cl2N4O5/c23-15-3-1-2-14(8-15)11-27-12-16(10-25-27)26-22(29)20-7-5-18(33-20)13-32-21-9-17(28(30)31)4-6-19(21)24/h1-10,12H,11,13H2,(H,26,29). The fourth-order valence-corrected chi connectivity index (χ4v) is 3.36. The molecule has 1 N–H and O–H groups in total. The summed E-state index contributed by atoms with van der Waals surface area (Å²) >= 11 is 12.0. The van der Waals surface area contributed by atoms with E-state index in [0.29, 0.717) is 23.0 Å². The second-order valence-corrected chi connectivity index (χ2v) is 7.78. The summed E-state index contributed by atoms with van der Waals surface area (Å²) in [5, 5.41) is 18.7. The van der Waals surface area contributed by atoms with Crippen molar-refractivity contribution in [2.45, 2.75) is 13.2 Å². The van der Waals surface area contributed by atoms with Gasteiger partial charge in [0.15, 0.2) is 5.76 Å². The van der Waals surface area contributed by atoms with Crippen molar-refractivity contribution >= 4 is 40.5 Å². The maximum absolute atomic E-state index is 12.5. The van der Waals surface area contributed by atoms with Crippen LogP contribution in [0.5, 0.6) is 5.75 Å². The second-order valence-electron chi connectivity index (χ2n) is 6.94. The maximum Gasteiger partial charge on any atom is 0.291 e. The molecule has 4 rings (SSSR count). The Kier molecular flexibility index (Phi) is 6.62. The monoisotopic (exact) mass is 486 g/mol. The molecule has 0 unspecified atom stereocenters. The van der Waals surface area contributed by atoms with Crippen molar-refractivity contribution in [3.05, 3.63) is 104 Å². The molecule has 168 valence electrons. The van der Waals surface area contributed by atoms with Crippen LogP contribution >= 0.6 is 23.2 Å². The first kappa shape index (κ1) is 22.4. The number of ether oxygens (including phenoxy) is 1. The zero-order valence-electron chi connectivity index (χ0n) is 16.9. The van der Waals surface area contributed by atoms with Crippen molar-refractivity contribution < 1.29 is 18.9 Å². The van der Waals surface area contributed by atoms with Gasteiger partial charge in [-0.1, -0.05) is 35.3 Å². The largest absolute Gasteiger partial charge is 0.484 e. The molecule has 1 amide bonds. The molecule has 33 heavy (non-hydrogen) atoms. The number of nitro benzene ring substituents is 1. The van der Waals surface area contributed by atoms with Gasteiger partial charge in [0.25, 0.3) is 11.6 Å². The summed E-state index contributed by atoms with van der Waals surface area (Å²) in [5.74, 6) is 0.0954. The van der Waals surface area contributed by atoms with Crippen LogP contribution in [0.25, 0.3) is 0 Å². The van der Waals surface area contributed by atoms with Crippen molar-refractivity contribution in [2.75, 3.05) is 5.32 Å². The molecule has 0 aliphatic heterocycles. The van der Waals surface area contributed by atoms with Gasteiger partial charge in [0.1, 0.15) is 18.1 Å². The molecule has 0 aliphatic rings. The summed E-state index contributed by atoms with van der Waals surface area (Å²) in [6.07, 6.45) is 3.22. The van der Waals surface area contributed by atoms with Gasteiger partial charge in [0, 0.05) is 17.3 Å².